The van der Waals surface area contributed by atoms with Crippen molar-refractivity contribution in [1.29, 1.82) is 0 Å². The number of aliphatic hydroxyl groups is 1. The average molecular weight is 422 g/mol. The molecule has 9 heteroatoms. The van der Waals surface area contributed by atoms with Crippen molar-refractivity contribution < 1.29 is 23.1 Å². The highest BCUT2D eigenvalue weighted by Crippen LogP contribution is 2.38. The van der Waals surface area contributed by atoms with Crippen LogP contribution < -0.4 is 0 Å². The second-order valence-electron chi connectivity index (χ2n) is 6.72. The molecule has 5 nitrogen and oxygen atoms in total. The number of oxime groups is 1. The third-order valence-electron chi connectivity index (χ3n) is 4.60. The summed E-state index contributed by atoms with van der Waals surface area (Å²) >= 11 is 5.90. The molecule has 4 rings (SSSR count). The molecule has 0 radical (unpaired) electrons. The van der Waals surface area contributed by atoms with Crippen LogP contribution in [0.25, 0.3) is 11.1 Å². The highest BCUT2D eigenvalue weighted by Gasteiger charge is 2.60. The van der Waals surface area contributed by atoms with Gasteiger partial charge >= 0.3 is 12.0 Å². The molecule has 0 bridgehead atoms. The van der Waals surface area contributed by atoms with Crippen molar-refractivity contribution in [1.82, 2.24) is 9.78 Å². The summed E-state index contributed by atoms with van der Waals surface area (Å²) in [7, 11) is 0. The van der Waals surface area contributed by atoms with Gasteiger partial charge in [-0.15, -0.1) is 0 Å². The standard InChI is InChI=1S/C20H15ClF3N3O2/c21-17-7-5-14(6-8-17)16-10-25-27(12-16)11-13-1-3-15(4-2-13)18-9-19(28,29-26-18)20(22,23)24/h1-8,10,12,28H,9,11H2. The SMILES string of the molecule is OC1(C(F)(F)F)CC(c2ccc(Cn3cc(-c4ccc(Cl)cc4)cn3)cc2)=NO1. The minimum absolute atomic E-state index is 0.0421. The molecule has 1 N–H and O–H groups in total. The molecule has 0 aliphatic carbocycles. The van der Waals surface area contributed by atoms with E-state index in [0.717, 1.165) is 16.7 Å². The van der Waals surface area contributed by atoms with E-state index in [1.807, 2.05) is 30.5 Å². The molecule has 2 aromatic carbocycles. The maximum absolute atomic E-state index is 12.8. The Morgan fingerprint density at radius 2 is 1.69 bits per heavy atom. The van der Waals surface area contributed by atoms with Gasteiger partial charge in [0, 0.05) is 16.8 Å². The van der Waals surface area contributed by atoms with E-state index in [1.165, 1.54) is 0 Å². The van der Waals surface area contributed by atoms with E-state index >= 15 is 0 Å². The molecule has 2 heterocycles. The first-order valence-electron chi connectivity index (χ1n) is 8.65. The monoisotopic (exact) mass is 421 g/mol. The fraction of sp³-hybridized carbons (Fsp3) is 0.200. The van der Waals surface area contributed by atoms with Crippen LogP contribution in [0, 0.1) is 0 Å². The lowest BCUT2D eigenvalue weighted by Crippen LogP contribution is -2.45. The first-order valence-corrected chi connectivity index (χ1v) is 9.03. The van der Waals surface area contributed by atoms with E-state index in [0.29, 0.717) is 17.1 Å². The van der Waals surface area contributed by atoms with E-state index in [9.17, 15) is 18.3 Å². The molecule has 0 spiro atoms. The zero-order valence-electron chi connectivity index (χ0n) is 14.9. The number of alkyl halides is 3. The first-order chi connectivity index (χ1) is 13.7. The van der Waals surface area contributed by atoms with Crippen LogP contribution in [-0.2, 0) is 11.4 Å². The maximum Gasteiger partial charge on any atom is 0.458 e. The predicted octanol–water partition coefficient (Wildman–Crippen LogP) is 4.63. The van der Waals surface area contributed by atoms with Gasteiger partial charge in [0.1, 0.15) is 0 Å². The normalized spacial score (nSPS) is 19.1. The molecule has 1 aromatic heterocycles. The summed E-state index contributed by atoms with van der Waals surface area (Å²) in [5.74, 6) is -3.27. The van der Waals surface area contributed by atoms with Crippen molar-refractivity contribution in [2.75, 3.05) is 0 Å². The lowest BCUT2D eigenvalue weighted by atomic mass is 10.0. The Kier molecular flexibility index (Phi) is 4.84. The fourth-order valence-electron chi connectivity index (χ4n) is 2.96. The van der Waals surface area contributed by atoms with Gasteiger partial charge in [0.15, 0.2) is 0 Å². The molecule has 150 valence electrons. The molecule has 1 unspecified atom stereocenters. The van der Waals surface area contributed by atoms with Crippen LogP contribution in [0.4, 0.5) is 13.2 Å². The summed E-state index contributed by atoms with van der Waals surface area (Å²) in [5, 5.41) is 17.9. The fourth-order valence-corrected chi connectivity index (χ4v) is 3.09. The molecule has 0 saturated heterocycles. The van der Waals surface area contributed by atoms with E-state index in [2.05, 4.69) is 15.1 Å². The van der Waals surface area contributed by atoms with Gasteiger partial charge in [-0.3, -0.25) is 4.68 Å². The Morgan fingerprint density at radius 1 is 1.03 bits per heavy atom. The third kappa shape index (κ3) is 3.99. The second kappa shape index (κ2) is 7.20. The zero-order chi connectivity index (χ0) is 20.6. The number of hydrogen-bond acceptors (Lipinski definition) is 4. The van der Waals surface area contributed by atoms with Crippen LogP contribution in [0.2, 0.25) is 5.02 Å². The molecule has 1 aliphatic heterocycles. The molecule has 0 amide bonds. The van der Waals surface area contributed by atoms with Gasteiger partial charge in [0.25, 0.3) is 0 Å². The van der Waals surface area contributed by atoms with E-state index in [4.69, 9.17) is 11.6 Å². The van der Waals surface area contributed by atoms with Gasteiger partial charge in [0.2, 0.25) is 0 Å². The number of aromatic nitrogens is 2. The summed E-state index contributed by atoms with van der Waals surface area (Å²) in [6.07, 6.45) is -2.02. The summed E-state index contributed by atoms with van der Waals surface area (Å²) < 4.78 is 40.2. The van der Waals surface area contributed by atoms with Gasteiger partial charge in [0.05, 0.1) is 24.9 Å². The molecule has 1 atom stereocenters. The average Bonchev–Trinajstić information content (AvgIpc) is 3.30. The number of nitrogens with zero attached hydrogens (tertiary/aromatic N) is 3. The van der Waals surface area contributed by atoms with Crippen LogP contribution in [0.3, 0.4) is 0 Å². The van der Waals surface area contributed by atoms with Crippen molar-refractivity contribution in [3.8, 4) is 11.1 Å². The number of hydrogen-bond donors (Lipinski definition) is 1. The number of benzene rings is 2. The highest BCUT2D eigenvalue weighted by molar-refractivity contribution is 6.30. The molecule has 29 heavy (non-hydrogen) atoms. The van der Waals surface area contributed by atoms with Gasteiger partial charge in [-0.05, 0) is 28.8 Å². The minimum atomic E-state index is -4.92. The quantitative estimate of drug-likeness (QED) is 0.668. The Hall–Kier alpha value is -2.84. The van der Waals surface area contributed by atoms with Crippen LogP contribution in [0.5, 0.6) is 0 Å². The third-order valence-corrected chi connectivity index (χ3v) is 4.85. The van der Waals surface area contributed by atoms with Crippen molar-refractivity contribution >= 4 is 17.3 Å². The van der Waals surface area contributed by atoms with Crippen molar-refractivity contribution in [3.63, 3.8) is 0 Å². The largest absolute Gasteiger partial charge is 0.458 e. The summed E-state index contributed by atoms with van der Waals surface area (Å²) in [6.45, 7) is 0.489. The summed E-state index contributed by atoms with van der Waals surface area (Å²) in [6, 6.07) is 14.3. The molecular weight excluding hydrogens is 407 g/mol. The van der Waals surface area contributed by atoms with Crippen molar-refractivity contribution in [2.24, 2.45) is 5.16 Å². The van der Waals surface area contributed by atoms with Crippen LogP contribution in [-0.4, -0.2) is 32.6 Å². The Morgan fingerprint density at radius 3 is 2.31 bits per heavy atom. The smallest absolute Gasteiger partial charge is 0.350 e. The Labute approximate surface area is 169 Å². The molecular formula is C20H15ClF3N3O2. The second-order valence-corrected chi connectivity index (χ2v) is 7.16. The maximum atomic E-state index is 12.8. The molecule has 1 aliphatic rings. The number of halogens is 4. The Balaban J connectivity index is 1.44. The lowest BCUT2D eigenvalue weighted by molar-refractivity contribution is -0.355. The van der Waals surface area contributed by atoms with Crippen molar-refractivity contribution in [3.05, 3.63) is 77.1 Å². The van der Waals surface area contributed by atoms with Crippen LogP contribution in [0.1, 0.15) is 17.5 Å². The summed E-state index contributed by atoms with van der Waals surface area (Å²) in [4.78, 5) is 4.25. The topological polar surface area (TPSA) is 59.6 Å². The predicted molar refractivity (Wildman–Crippen MR) is 101 cm³/mol. The molecule has 3 aromatic rings. The van der Waals surface area contributed by atoms with E-state index < -0.39 is 18.4 Å². The highest BCUT2D eigenvalue weighted by atomic mass is 35.5. The van der Waals surface area contributed by atoms with Crippen LogP contribution >= 0.6 is 11.6 Å². The summed E-state index contributed by atoms with van der Waals surface area (Å²) in [5.41, 5.74) is 3.34. The number of rotatable bonds is 4. The lowest BCUT2D eigenvalue weighted by Gasteiger charge is -2.22. The van der Waals surface area contributed by atoms with Crippen molar-refractivity contribution in [2.45, 2.75) is 24.9 Å². The first kappa shape index (κ1) is 19.5. The van der Waals surface area contributed by atoms with Gasteiger partial charge in [-0.1, -0.05) is 53.2 Å². The van der Waals surface area contributed by atoms with Crippen LogP contribution in [0.15, 0.2) is 66.1 Å². The van der Waals surface area contributed by atoms with Gasteiger partial charge < -0.3 is 9.94 Å². The Bertz CT molecular complexity index is 1050. The zero-order valence-corrected chi connectivity index (χ0v) is 15.7. The molecule has 0 fully saturated rings. The van der Waals surface area contributed by atoms with Gasteiger partial charge in [-0.2, -0.15) is 18.3 Å². The van der Waals surface area contributed by atoms with E-state index in [-0.39, 0.29) is 5.71 Å². The molecule has 0 saturated carbocycles. The van der Waals surface area contributed by atoms with E-state index in [1.54, 1.807) is 35.1 Å². The minimum Gasteiger partial charge on any atom is -0.350 e. The van der Waals surface area contributed by atoms with Gasteiger partial charge in [-0.25, -0.2) is 0 Å².